The van der Waals surface area contributed by atoms with Gasteiger partial charge in [-0.05, 0) is 72.6 Å². The average molecular weight is 427 g/mol. The van der Waals surface area contributed by atoms with Crippen LogP contribution in [0.5, 0.6) is 11.5 Å². The predicted molar refractivity (Wildman–Crippen MR) is 125 cm³/mol. The monoisotopic (exact) mass is 427 g/mol. The van der Waals surface area contributed by atoms with Gasteiger partial charge in [-0.2, -0.15) is 0 Å². The van der Waals surface area contributed by atoms with E-state index in [0.29, 0.717) is 27.9 Å². The maximum absolute atomic E-state index is 11.1. The Labute approximate surface area is 184 Å². The maximum Gasteiger partial charge on any atom is 0.269 e. The lowest BCUT2D eigenvalue weighted by atomic mass is 9.92. The van der Waals surface area contributed by atoms with Crippen molar-refractivity contribution >= 4 is 11.5 Å². The second-order valence-corrected chi connectivity index (χ2v) is 7.37. The summed E-state index contributed by atoms with van der Waals surface area (Å²) in [7, 11) is 1.60. The molecule has 0 saturated heterocycles. The Bertz CT molecular complexity index is 1300. The number of hydrogen-bond donors (Lipinski definition) is 2. The fourth-order valence-corrected chi connectivity index (χ4v) is 3.61. The molecule has 0 aliphatic carbocycles. The van der Waals surface area contributed by atoms with Gasteiger partial charge in [0.05, 0.1) is 17.7 Å². The minimum Gasteiger partial charge on any atom is -0.507 e. The summed E-state index contributed by atoms with van der Waals surface area (Å²) < 4.78 is 5.23. The molecule has 3 N–H and O–H groups in total. The molecule has 0 amide bonds. The van der Waals surface area contributed by atoms with Crippen LogP contribution in [0.3, 0.4) is 0 Å². The number of phenols is 1. The highest BCUT2D eigenvalue weighted by atomic mass is 16.6. The second-order valence-electron chi connectivity index (χ2n) is 7.37. The van der Waals surface area contributed by atoms with Crippen LogP contribution < -0.4 is 10.5 Å². The van der Waals surface area contributed by atoms with Crippen molar-refractivity contribution in [1.82, 2.24) is 4.98 Å². The molecule has 7 heteroatoms. The number of pyridine rings is 1. The number of nitro benzene ring substituents is 1. The number of anilines is 1. The lowest BCUT2D eigenvalue weighted by Crippen LogP contribution is -2.00. The molecular weight excluding hydrogens is 406 g/mol. The molecule has 160 valence electrons. The van der Waals surface area contributed by atoms with E-state index in [1.54, 1.807) is 25.3 Å². The number of ether oxygens (including phenoxy) is 1. The fourth-order valence-electron chi connectivity index (χ4n) is 3.61. The Morgan fingerprint density at radius 2 is 1.59 bits per heavy atom. The number of non-ortho nitro benzene ring substituents is 1. The van der Waals surface area contributed by atoms with Crippen molar-refractivity contribution < 1.29 is 14.8 Å². The Hall–Kier alpha value is -4.39. The number of benzene rings is 3. The van der Waals surface area contributed by atoms with Crippen LogP contribution in [-0.2, 0) is 0 Å². The van der Waals surface area contributed by atoms with Crippen LogP contribution in [0.25, 0.3) is 33.5 Å². The van der Waals surface area contributed by atoms with Crippen molar-refractivity contribution in [3.05, 3.63) is 88.5 Å². The molecule has 4 rings (SSSR count). The van der Waals surface area contributed by atoms with Crippen LogP contribution in [0.15, 0.2) is 72.8 Å². The molecule has 0 aliphatic heterocycles. The summed E-state index contributed by atoms with van der Waals surface area (Å²) in [6.45, 7) is 1.93. The van der Waals surface area contributed by atoms with Gasteiger partial charge in [0.1, 0.15) is 17.3 Å². The number of aromatic hydroxyl groups is 1. The number of hydrogen-bond acceptors (Lipinski definition) is 6. The van der Waals surface area contributed by atoms with Gasteiger partial charge in [-0.1, -0.05) is 11.6 Å². The number of nitrogens with two attached hydrogens (primary N) is 1. The number of rotatable bonds is 5. The van der Waals surface area contributed by atoms with Crippen molar-refractivity contribution in [2.45, 2.75) is 6.92 Å². The first kappa shape index (κ1) is 20.9. The molecule has 7 nitrogen and oxygen atoms in total. The molecule has 3 aromatic carbocycles. The van der Waals surface area contributed by atoms with Gasteiger partial charge in [0, 0.05) is 28.8 Å². The van der Waals surface area contributed by atoms with E-state index in [-0.39, 0.29) is 17.3 Å². The van der Waals surface area contributed by atoms with Crippen molar-refractivity contribution in [2.24, 2.45) is 0 Å². The van der Waals surface area contributed by atoms with Crippen LogP contribution in [0.2, 0.25) is 0 Å². The molecule has 4 aromatic rings. The normalized spacial score (nSPS) is 10.7. The lowest BCUT2D eigenvalue weighted by Gasteiger charge is -2.16. The number of aryl methyl sites for hydroxylation is 1. The summed E-state index contributed by atoms with van der Waals surface area (Å²) in [5.74, 6) is 1.08. The zero-order valence-electron chi connectivity index (χ0n) is 17.6. The molecule has 0 fully saturated rings. The minimum atomic E-state index is -0.453. The maximum atomic E-state index is 11.1. The van der Waals surface area contributed by atoms with E-state index in [4.69, 9.17) is 10.5 Å². The fraction of sp³-hybridized carbons (Fsp3) is 0.0800. The van der Waals surface area contributed by atoms with Crippen LogP contribution in [-0.4, -0.2) is 22.1 Å². The van der Waals surface area contributed by atoms with Crippen molar-refractivity contribution in [3.8, 4) is 45.0 Å². The Morgan fingerprint density at radius 3 is 2.22 bits per heavy atom. The SMILES string of the molecule is COc1ccc(-c2cc(-c3cc(C)ccc3O)c(-c3ccc([N+](=O)[O-])cc3)c(N)n2)cc1. The Balaban J connectivity index is 1.96. The van der Waals surface area contributed by atoms with Crippen LogP contribution in [0.4, 0.5) is 11.5 Å². The number of nitrogen functional groups attached to an aromatic ring is 1. The number of nitro groups is 1. The summed E-state index contributed by atoms with van der Waals surface area (Å²) in [4.78, 5) is 15.2. The summed E-state index contributed by atoms with van der Waals surface area (Å²) in [6.07, 6.45) is 0. The average Bonchev–Trinajstić information content (AvgIpc) is 2.80. The molecule has 0 aliphatic rings. The van der Waals surface area contributed by atoms with Gasteiger partial charge < -0.3 is 15.6 Å². The van der Waals surface area contributed by atoms with E-state index in [1.165, 1.54) is 12.1 Å². The van der Waals surface area contributed by atoms with E-state index in [2.05, 4.69) is 4.98 Å². The van der Waals surface area contributed by atoms with Gasteiger partial charge in [-0.25, -0.2) is 4.98 Å². The largest absolute Gasteiger partial charge is 0.507 e. The molecule has 1 aromatic heterocycles. The molecule has 0 spiro atoms. The standard InChI is InChI=1S/C25H21N3O4/c1-15-3-12-23(29)20(13-15)21-14-22(16-6-10-19(32-2)11-7-16)27-25(26)24(21)17-4-8-18(9-5-17)28(30)31/h3-14,29H,1-2H3,(H2,26,27). The third-order valence-corrected chi connectivity index (χ3v) is 5.24. The zero-order valence-corrected chi connectivity index (χ0v) is 17.6. The van der Waals surface area contributed by atoms with Crippen molar-refractivity contribution in [1.29, 1.82) is 0 Å². The van der Waals surface area contributed by atoms with Crippen molar-refractivity contribution in [3.63, 3.8) is 0 Å². The first-order chi connectivity index (χ1) is 15.4. The number of nitrogens with zero attached hydrogens (tertiary/aromatic N) is 2. The first-order valence-electron chi connectivity index (χ1n) is 9.87. The molecule has 0 saturated carbocycles. The lowest BCUT2D eigenvalue weighted by molar-refractivity contribution is -0.384. The van der Waals surface area contributed by atoms with Gasteiger partial charge in [-0.15, -0.1) is 0 Å². The molecular formula is C25H21N3O4. The van der Waals surface area contributed by atoms with E-state index in [9.17, 15) is 15.2 Å². The molecule has 0 radical (unpaired) electrons. The number of phenolic OH excluding ortho intramolecular Hbond substituents is 1. The smallest absolute Gasteiger partial charge is 0.269 e. The quantitative estimate of drug-likeness (QED) is 0.317. The van der Waals surface area contributed by atoms with Crippen LogP contribution in [0, 0.1) is 17.0 Å². The van der Waals surface area contributed by atoms with Gasteiger partial charge in [0.15, 0.2) is 0 Å². The van der Waals surface area contributed by atoms with Crippen LogP contribution >= 0.6 is 0 Å². The van der Waals surface area contributed by atoms with E-state index in [1.807, 2.05) is 49.4 Å². The second kappa shape index (κ2) is 8.39. The van der Waals surface area contributed by atoms with E-state index >= 15 is 0 Å². The van der Waals surface area contributed by atoms with Gasteiger partial charge in [-0.3, -0.25) is 10.1 Å². The molecule has 0 unspecified atom stereocenters. The Kier molecular flexibility index (Phi) is 5.47. The van der Waals surface area contributed by atoms with Crippen LogP contribution in [0.1, 0.15) is 5.56 Å². The summed E-state index contributed by atoms with van der Waals surface area (Å²) in [6, 6.07) is 20.7. The van der Waals surface area contributed by atoms with Gasteiger partial charge in [0.25, 0.3) is 5.69 Å². The highest BCUT2D eigenvalue weighted by Crippen LogP contribution is 2.42. The third-order valence-electron chi connectivity index (χ3n) is 5.24. The summed E-state index contributed by atoms with van der Waals surface area (Å²) in [5.41, 5.74) is 11.4. The molecule has 1 heterocycles. The van der Waals surface area contributed by atoms with E-state index < -0.39 is 4.92 Å². The van der Waals surface area contributed by atoms with E-state index in [0.717, 1.165) is 16.9 Å². The topological polar surface area (TPSA) is 112 Å². The number of methoxy groups -OCH3 is 1. The van der Waals surface area contributed by atoms with Gasteiger partial charge in [0.2, 0.25) is 0 Å². The minimum absolute atomic E-state index is 0.0184. The third kappa shape index (κ3) is 3.96. The highest BCUT2D eigenvalue weighted by Gasteiger charge is 2.19. The first-order valence-corrected chi connectivity index (χ1v) is 9.87. The summed E-state index contributed by atoms with van der Waals surface area (Å²) >= 11 is 0. The molecule has 0 bridgehead atoms. The number of aromatic nitrogens is 1. The Morgan fingerprint density at radius 1 is 0.938 bits per heavy atom. The molecule has 0 atom stereocenters. The summed E-state index contributed by atoms with van der Waals surface area (Å²) in [5, 5.41) is 21.7. The molecule has 32 heavy (non-hydrogen) atoms. The predicted octanol–water partition coefficient (Wildman–Crippen LogP) is 5.60. The highest BCUT2D eigenvalue weighted by molar-refractivity contribution is 5.93. The van der Waals surface area contributed by atoms with Crippen molar-refractivity contribution in [2.75, 3.05) is 12.8 Å². The van der Waals surface area contributed by atoms with Gasteiger partial charge >= 0.3 is 0 Å². The zero-order chi connectivity index (χ0) is 22.8.